The molecule has 0 spiro atoms. The molecule has 0 atom stereocenters. The molecular weight excluding hydrogens is 258 g/mol. The first-order chi connectivity index (χ1) is 7.24. The van der Waals surface area contributed by atoms with Gasteiger partial charge in [0.2, 0.25) is 5.91 Å². The number of hydrogen-bond acceptors (Lipinski definition) is 2. The quantitative estimate of drug-likeness (QED) is 0.906. The smallest absolute Gasteiger partial charge is 0.222 e. The molecule has 0 unspecified atom stereocenters. The Labute approximate surface area is 97.2 Å². The van der Waals surface area contributed by atoms with E-state index in [1.165, 1.54) is 6.42 Å². The summed E-state index contributed by atoms with van der Waals surface area (Å²) in [4.78, 5) is 11.5. The van der Waals surface area contributed by atoms with Crippen LogP contribution in [0.25, 0.3) is 0 Å². The molecule has 2 rings (SSSR count). The molecule has 5 heteroatoms. The maximum Gasteiger partial charge on any atom is 0.222 e. The van der Waals surface area contributed by atoms with E-state index in [2.05, 4.69) is 26.3 Å². The zero-order valence-electron chi connectivity index (χ0n) is 8.45. The van der Waals surface area contributed by atoms with E-state index in [0.29, 0.717) is 19.0 Å². The molecule has 1 aliphatic carbocycles. The minimum atomic E-state index is 0.131. The van der Waals surface area contributed by atoms with Gasteiger partial charge in [-0.05, 0) is 35.2 Å². The summed E-state index contributed by atoms with van der Waals surface area (Å²) in [6, 6.07) is 0.432. The number of nitrogens with one attached hydrogen (secondary N) is 1. The SMILES string of the molecule is O=C(CCn1cc(Br)cn1)NC1CCC1. The van der Waals surface area contributed by atoms with Crippen molar-refractivity contribution in [3.8, 4) is 0 Å². The van der Waals surface area contributed by atoms with E-state index in [9.17, 15) is 4.79 Å². The molecule has 0 aromatic carbocycles. The lowest BCUT2D eigenvalue weighted by molar-refractivity contribution is -0.122. The summed E-state index contributed by atoms with van der Waals surface area (Å²) in [7, 11) is 0. The zero-order chi connectivity index (χ0) is 10.7. The summed E-state index contributed by atoms with van der Waals surface area (Å²) in [6.07, 6.45) is 7.63. The number of aromatic nitrogens is 2. The van der Waals surface area contributed by atoms with Crippen molar-refractivity contribution in [3.05, 3.63) is 16.9 Å². The zero-order valence-corrected chi connectivity index (χ0v) is 10.0. The Morgan fingerprint density at radius 2 is 2.47 bits per heavy atom. The second kappa shape index (κ2) is 4.79. The number of carbonyl (C=O) groups excluding carboxylic acids is 1. The van der Waals surface area contributed by atoms with Crippen molar-refractivity contribution in [2.75, 3.05) is 0 Å². The summed E-state index contributed by atoms with van der Waals surface area (Å²) in [5, 5.41) is 7.09. The van der Waals surface area contributed by atoms with E-state index in [4.69, 9.17) is 0 Å². The number of nitrogens with zero attached hydrogens (tertiary/aromatic N) is 2. The average Bonchev–Trinajstić information content (AvgIpc) is 2.55. The minimum Gasteiger partial charge on any atom is -0.353 e. The maximum absolute atomic E-state index is 11.5. The fraction of sp³-hybridized carbons (Fsp3) is 0.600. The van der Waals surface area contributed by atoms with E-state index in [1.54, 1.807) is 10.9 Å². The van der Waals surface area contributed by atoms with Crippen LogP contribution < -0.4 is 5.32 Å². The van der Waals surface area contributed by atoms with Crippen LogP contribution in [0.5, 0.6) is 0 Å². The summed E-state index contributed by atoms with van der Waals surface area (Å²) < 4.78 is 2.71. The first-order valence-electron chi connectivity index (χ1n) is 5.21. The highest BCUT2D eigenvalue weighted by atomic mass is 79.9. The molecule has 82 valence electrons. The lowest BCUT2D eigenvalue weighted by atomic mass is 9.93. The van der Waals surface area contributed by atoms with Crippen LogP contribution in [-0.4, -0.2) is 21.7 Å². The predicted octanol–water partition coefficient (Wildman–Crippen LogP) is 1.70. The molecule has 1 aromatic heterocycles. The van der Waals surface area contributed by atoms with Crippen LogP contribution in [0.4, 0.5) is 0 Å². The van der Waals surface area contributed by atoms with E-state index >= 15 is 0 Å². The third kappa shape index (κ3) is 3.06. The monoisotopic (exact) mass is 271 g/mol. The number of aryl methyl sites for hydroxylation is 1. The largest absolute Gasteiger partial charge is 0.353 e. The van der Waals surface area contributed by atoms with Crippen LogP contribution >= 0.6 is 15.9 Å². The topological polar surface area (TPSA) is 46.9 Å². The van der Waals surface area contributed by atoms with Crippen molar-refractivity contribution < 1.29 is 4.79 Å². The Morgan fingerprint density at radius 1 is 1.67 bits per heavy atom. The summed E-state index contributed by atoms with van der Waals surface area (Å²) >= 11 is 3.32. The number of amides is 1. The van der Waals surface area contributed by atoms with Crippen LogP contribution in [-0.2, 0) is 11.3 Å². The molecule has 0 bridgehead atoms. The Kier molecular flexibility index (Phi) is 3.41. The molecule has 1 heterocycles. The van der Waals surface area contributed by atoms with Gasteiger partial charge in [-0.15, -0.1) is 0 Å². The Balaban J connectivity index is 1.70. The highest BCUT2D eigenvalue weighted by Crippen LogP contribution is 2.17. The Morgan fingerprint density at radius 3 is 3.00 bits per heavy atom. The summed E-state index contributed by atoms with van der Waals surface area (Å²) in [6.45, 7) is 0.643. The molecule has 1 aliphatic rings. The van der Waals surface area contributed by atoms with E-state index in [1.807, 2.05) is 6.20 Å². The van der Waals surface area contributed by atoms with Gasteiger partial charge in [0.15, 0.2) is 0 Å². The van der Waals surface area contributed by atoms with E-state index in [-0.39, 0.29) is 5.91 Å². The highest BCUT2D eigenvalue weighted by Gasteiger charge is 2.18. The first kappa shape index (κ1) is 10.7. The molecule has 4 nitrogen and oxygen atoms in total. The maximum atomic E-state index is 11.5. The normalized spacial score (nSPS) is 16.1. The molecule has 1 N–H and O–H groups in total. The highest BCUT2D eigenvalue weighted by molar-refractivity contribution is 9.10. The van der Waals surface area contributed by atoms with Gasteiger partial charge in [0, 0.05) is 25.2 Å². The van der Waals surface area contributed by atoms with E-state index in [0.717, 1.165) is 17.3 Å². The number of carbonyl (C=O) groups is 1. The second-order valence-corrected chi connectivity index (χ2v) is 4.78. The number of hydrogen-bond donors (Lipinski definition) is 1. The van der Waals surface area contributed by atoms with Gasteiger partial charge in [0.1, 0.15) is 0 Å². The van der Waals surface area contributed by atoms with Gasteiger partial charge in [-0.3, -0.25) is 9.48 Å². The van der Waals surface area contributed by atoms with Crippen molar-refractivity contribution in [2.24, 2.45) is 0 Å². The standard InChI is InChI=1S/C10H14BrN3O/c11-8-6-12-14(7-8)5-4-10(15)13-9-2-1-3-9/h6-7,9H,1-5H2,(H,13,15). The third-order valence-electron chi connectivity index (χ3n) is 2.64. The summed E-state index contributed by atoms with van der Waals surface area (Å²) in [5.74, 6) is 0.131. The van der Waals surface area contributed by atoms with Crippen molar-refractivity contribution in [1.82, 2.24) is 15.1 Å². The molecule has 1 saturated carbocycles. The first-order valence-corrected chi connectivity index (χ1v) is 6.00. The molecule has 1 amide bonds. The number of rotatable bonds is 4. The van der Waals surface area contributed by atoms with Gasteiger partial charge in [-0.1, -0.05) is 0 Å². The third-order valence-corrected chi connectivity index (χ3v) is 3.05. The lowest BCUT2D eigenvalue weighted by Crippen LogP contribution is -2.39. The lowest BCUT2D eigenvalue weighted by Gasteiger charge is -2.26. The van der Waals surface area contributed by atoms with Crippen LogP contribution in [0.3, 0.4) is 0 Å². The fourth-order valence-electron chi connectivity index (χ4n) is 1.53. The Hall–Kier alpha value is -0.840. The van der Waals surface area contributed by atoms with Gasteiger partial charge in [-0.2, -0.15) is 5.10 Å². The van der Waals surface area contributed by atoms with Gasteiger partial charge in [0.25, 0.3) is 0 Å². The molecule has 0 radical (unpaired) electrons. The van der Waals surface area contributed by atoms with Crippen molar-refractivity contribution in [3.63, 3.8) is 0 Å². The van der Waals surface area contributed by atoms with Gasteiger partial charge >= 0.3 is 0 Å². The molecule has 0 aliphatic heterocycles. The Bertz CT molecular complexity index is 346. The van der Waals surface area contributed by atoms with Crippen molar-refractivity contribution in [1.29, 1.82) is 0 Å². The average molecular weight is 272 g/mol. The second-order valence-electron chi connectivity index (χ2n) is 3.87. The molecule has 15 heavy (non-hydrogen) atoms. The van der Waals surface area contributed by atoms with Crippen LogP contribution in [0.2, 0.25) is 0 Å². The fourth-order valence-corrected chi connectivity index (χ4v) is 1.86. The van der Waals surface area contributed by atoms with Gasteiger partial charge in [0.05, 0.1) is 10.7 Å². The predicted molar refractivity (Wildman–Crippen MR) is 60.3 cm³/mol. The van der Waals surface area contributed by atoms with Crippen molar-refractivity contribution in [2.45, 2.75) is 38.3 Å². The molecule has 1 fully saturated rings. The number of halogens is 1. The molecule has 0 saturated heterocycles. The van der Waals surface area contributed by atoms with Crippen LogP contribution in [0.15, 0.2) is 16.9 Å². The summed E-state index contributed by atoms with van der Waals surface area (Å²) in [5.41, 5.74) is 0. The van der Waals surface area contributed by atoms with Crippen LogP contribution in [0, 0.1) is 0 Å². The molecule has 1 aromatic rings. The minimum absolute atomic E-state index is 0.131. The van der Waals surface area contributed by atoms with Gasteiger partial charge < -0.3 is 5.32 Å². The van der Waals surface area contributed by atoms with Crippen LogP contribution in [0.1, 0.15) is 25.7 Å². The van der Waals surface area contributed by atoms with E-state index < -0.39 is 0 Å². The van der Waals surface area contributed by atoms with Gasteiger partial charge in [-0.25, -0.2) is 0 Å². The molecular formula is C10H14BrN3O. The van der Waals surface area contributed by atoms with Crippen molar-refractivity contribution >= 4 is 21.8 Å².